The molecule has 0 unspecified atom stereocenters. The maximum Gasteiger partial charge on any atom is 0.280 e. The Bertz CT molecular complexity index is 1520. The Morgan fingerprint density at radius 2 is 1.03 bits per heavy atom. The van der Waals surface area contributed by atoms with Gasteiger partial charge < -0.3 is 0 Å². The van der Waals surface area contributed by atoms with Gasteiger partial charge in [0.15, 0.2) is 22.3 Å². The van der Waals surface area contributed by atoms with Gasteiger partial charge in [-0.05, 0) is 0 Å². The van der Waals surface area contributed by atoms with E-state index in [1.807, 2.05) is 0 Å². The van der Waals surface area contributed by atoms with Crippen LogP contribution >= 0.6 is 0 Å². The minimum absolute atomic E-state index is 0.0284. The first-order valence-corrected chi connectivity index (χ1v) is 10.9. The lowest BCUT2D eigenvalue weighted by Crippen LogP contribution is -2.29. The molecule has 36 heavy (non-hydrogen) atoms. The highest BCUT2D eigenvalue weighted by atomic mass is 16.2. The van der Waals surface area contributed by atoms with Gasteiger partial charge in [-0.15, -0.1) is 0 Å². The molecule has 4 aromatic heterocycles. The largest absolute Gasteiger partial charge is 0.296 e. The fraction of sp³-hybridized carbons (Fsp3) is 0.364. The number of carbonyl (C=O) groups is 2. The van der Waals surface area contributed by atoms with E-state index in [0.29, 0.717) is 0 Å². The monoisotopic (exact) mass is 492 g/mol. The van der Waals surface area contributed by atoms with Crippen molar-refractivity contribution in [3.05, 3.63) is 33.1 Å². The van der Waals surface area contributed by atoms with E-state index in [-0.39, 0.29) is 57.4 Å². The molecule has 14 nitrogen and oxygen atoms in total. The summed E-state index contributed by atoms with van der Waals surface area (Å²) in [6, 6.07) is 0. The molecular weight excluding hydrogens is 468 g/mol. The molecule has 14 heteroatoms. The van der Waals surface area contributed by atoms with Gasteiger partial charge in [0.2, 0.25) is 23.7 Å². The van der Waals surface area contributed by atoms with Crippen molar-refractivity contribution in [2.75, 3.05) is 10.6 Å². The Morgan fingerprint density at radius 1 is 0.667 bits per heavy atom. The topological polar surface area (TPSA) is 201 Å². The summed E-state index contributed by atoms with van der Waals surface area (Å²) in [7, 11) is 0. The molecule has 4 N–H and O–H groups in total. The molecular formula is C22H24N10O4. The quantitative estimate of drug-likeness (QED) is 0.323. The molecule has 4 rings (SSSR count). The first-order chi connectivity index (χ1) is 16.7. The van der Waals surface area contributed by atoms with Crippen molar-refractivity contribution in [3.63, 3.8) is 0 Å². The van der Waals surface area contributed by atoms with Crippen LogP contribution < -0.4 is 21.8 Å². The Kier molecular flexibility index (Phi) is 5.82. The van der Waals surface area contributed by atoms with Crippen LogP contribution in [0.1, 0.15) is 41.5 Å². The number of H-pyrrole nitrogens is 2. The third-order valence-electron chi connectivity index (χ3n) is 4.93. The van der Waals surface area contributed by atoms with E-state index < -0.39 is 21.9 Å². The van der Waals surface area contributed by atoms with Gasteiger partial charge in [0.25, 0.3) is 11.1 Å². The number of fused-ring (bicyclic) bond motifs is 2. The van der Waals surface area contributed by atoms with Gasteiger partial charge in [0, 0.05) is 10.8 Å². The molecule has 0 aromatic carbocycles. The number of amides is 2. The molecule has 0 aliphatic heterocycles. The summed E-state index contributed by atoms with van der Waals surface area (Å²) in [4.78, 5) is 79.6. The molecule has 186 valence electrons. The lowest BCUT2D eigenvalue weighted by Gasteiger charge is -2.16. The summed E-state index contributed by atoms with van der Waals surface area (Å²) in [6.45, 7) is 10.3. The molecule has 4 aromatic rings. The minimum atomic E-state index is -0.711. The van der Waals surface area contributed by atoms with Gasteiger partial charge in [-0.3, -0.25) is 39.8 Å². The first kappa shape index (κ1) is 24.5. The Morgan fingerprint density at radius 3 is 1.36 bits per heavy atom. The van der Waals surface area contributed by atoms with E-state index in [0.717, 1.165) is 0 Å². The van der Waals surface area contributed by atoms with Gasteiger partial charge in [0.1, 0.15) is 11.4 Å². The molecule has 0 saturated carbocycles. The zero-order valence-corrected chi connectivity index (χ0v) is 20.5. The number of carbonyl (C=O) groups excluding carboxylic acids is 2. The van der Waals surface area contributed by atoms with Crippen LogP contribution in [0.3, 0.4) is 0 Å². The average Bonchev–Trinajstić information content (AvgIpc) is 2.77. The number of hydrogen-bond acceptors (Lipinski definition) is 10. The van der Waals surface area contributed by atoms with Crippen LogP contribution in [-0.4, -0.2) is 51.7 Å². The van der Waals surface area contributed by atoms with E-state index in [4.69, 9.17) is 0 Å². The van der Waals surface area contributed by atoms with E-state index in [2.05, 4.69) is 50.5 Å². The highest BCUT2D eigenvalue weighted by molar-refractivity contribution is 5.94. The SMILES string of the molecule is CC(C)(C)C(=O)Nc1nc2nc(-c3cnc4c(=O)[nH]c(NC(=O)C(C)(C)C)nc4n3)cnc2c(=O)[nH]1. The maximum absolute atomic E-state index is 12.4. The van der Waals surface area contributed by atoms with Gasteiger partial charge in [0.05, 0.1) is 12.4 Å². The predicted molar refractivity (Wildman–Crippen MR) is 131 cm³/mol. The average molecular weight is 493 g/mol. The van der Waals surface area contributed by atoms with E-state index in [9.17, 15) is 19.2 Å². The Hall–Kier alpha value is -4.62. The summed E-state index contributed by atoms with van der Waals surface area (Å²) in [5, 5.41) is 5.11. The number of aromatic amines is 2. The molecule has 4 heterocycles. The van der Waals surface area contributed by atoms with Crippen molar-refractivity contribution < 1.29 is 9.59 Å². The van der Waals surface area contributed by atoms with Gasteiger partial charge >= 0.3 is 0 Å². The Balaban J connectivity index is 1.75. The highest BCUT2D eigenvalue weighted by Crippen LogP contribution is 2.19. The van der Waals surface area contributed by atoms with E-state index >= 15 is 0 Å². The predicted octanol–water partition coefficient (Wildman–Crippen LogP) is 1.38. The van der Waals surface area contributed by atoms with Crippen LogP contribution in [0.4, 0.5) is 11.9 Å². The molecule has 0 fully saturated rings. The minimum Gasteiger partial charge on any atom is -0.296 e. The van der Waals surface area contributed by atoms with Crippen LogP contribution in [-0.2, 0) is 9.59 Å². The lowest BCUT2D eigenvalue weighted by molar-refractivity contribution is -0.123. The summed E-state index contributed by atoms with van der Waals surface area (Å²) < 4.78 is 0. The van der Waals surface area contributed by atoms with Crippen LogP contribution in [0, 0.1) is 10.8 Å². The first-order valence-electron chi connectivity index (χ1n) is 10.9. The molecule has 0 saturated heterocycles. The van der Waals surface area contributed by atoms with Crippen molar-refractivity contribution in [3.8, 4) is 11.4 Å². The molecule has 0 aliphatic carbocycles. The zero-order valence-electron chi connectivity index (χ0n) is 20.5. The van der Waals surface area contributed by atoms with Crippen molar-refractivity contribution in [1.82, 2.24) is 39.9 Å². The van der Waals surface area contributed by atoms with E-state index in [1.165, 1.54) is 12.4 Å². The van der Waals surface area contributed by atoms with Crippen molar-refractivity contribution >= 4 is 46.0 Å². The Labute approximate surface area is 203 Å². The zero-order chi connectivity index (χ0) is 26.4. The van der Waals surface area contributed by atoms with Crippen LogP contribution in [0.2, 0.25) is 0 Å². The van der Waals surface area contributed by atoms with Crippen LogP contribution in [0.5, 0.6) is 0 Å². The number of hydrogen-bond donors (Lipinski definition) is 4. The number of nitrogens with one attached hydrogen (secondary N) is 4. The molecule has 0 radical (unpaired) electrons. The summed E-state index contributed by atoms with van der Waals surface area (Å²) in [5.41, 5.74) is -2.32. The van der Waals surface area contributed by atoms with Crippen LogP contribution in [0.15, 0.2) is 22.0 Å². The second-order valence-corrected chi connectivity index (χ2v) is 10.1. The second-order valence-electron chi connectivity index (χ2n) is 10.1. The number of rotatable bonds is 3. The third-order valence-corrected chi connectivity index (χ3v) is 4.93. The molecule has 0 spiro atoms. The lowest BCUT2D eigenvalue weighted by atomic mass is 9.96. The van der Waals surface area contributed by atoms with Gasteiger partial charge in [-0.1, -0.05) is 41.5 Å². The normalized spacial score (nSPS) is 12.1. The van der Waals surface area contributed by atoms with Crippen molar-refractivity contribution in [2.45, 2.75) is 41.5 Å². The number of aromatic nitrogens is 8. The molecule has 0 atom stereocenters. The fourth-order valence-electron chi connectivity index (χ4n) is 2.79. The summed E-state index contributed by atoms with van der Waals surface area (Å²) in [6.07, 6.45) is 2.61. The summed E-state index contributed by atoms with van der Waals surface area (Å²) in [5.74, 6) is -0.841. The van der Waals surface area contributed by atoms with Crippen molar-refractivity contribution in [1.29, 1.82) is 0 Å². The smallest absolute Gasteiger partial charge is 0.280 e. The number of anilines is 2. The standard InChI is InChI=1S/C22H24N10O4/c1-21(2,3)17(35)31-19-27-13-11(15(33)29-19)23-7-9(25-13)10-8-24-12-14(26-10)28-20(30-16(12)34)32-18(36)22(4,5)6/h7-8H,1-6H3,(H2,25,27,29,31,33,35)(H2,26,28,30,32,34,36). The van der Waals surface area contributed by atoms with Crippen molar-refractivity contribution in [2.24, 2.45) is 10.8 Å². The van der Waals surface area contributed by atoms with Crippen LogP contribution in [0.25, 0.3) is 33.7 Å². The molecule has 0 aliphatic rings. The number of nitrogens with zero attached hydrogens (tertiary/aromatic N) is 6. The maximum atomic E-state index is 12.4. The highest BCUT2D eigenvalue weighted by Gasteiger charge is 2.24. The van der Waals surface area contributed by atoms with Gasteiger partial charge in [-0.25, -0.2) is 19.9 Å². The second kappa shape index (κ2) is 8.55. The van der Waals surface area contributed by atoms with Gasteiger partial charge in [-0.2, -0.15) is 9.97 Å². The molecule has 2 amide bonds. The summed E-state index contributed by atoms with van der Waals surface area (Å²) >= 11 is 0. The molecule has 0 bridgehead atoms. The fourth-order valence-corrected chi connectivity index (χ4v) is 2.79. The van der Waals surface area contributed by atoms with E-state index in [1.54, 1.807) is 41.5 Å². The third kappa shape index (κ3) is 4.92.